The lowest BCUT2D eigenvalue weighted by Crippen LogP contribution is -2.39. The van der Waals surface area contributed by atoms with E-state index in [-0.39, 0.29) is 16.7 Å². The number of nitrogens with zero attached hydrogens (tertiary/aromatic N) is 2. The summed E-state index contributed by atoms with van der Waals surface area (Å²) in [5.41, 5.74) is 2.87. The molecule has 0 saturated heterocycles. The summed E-state index contributed by atoms with van der Waals surface area (Å²) in [6, 6.07) is 22.4. The van der Waals surface area contributed by atoms with E-state index in [9.17, 15) is 9.70 Å². The minimum atomic E-state index is -0.788. The van der Waals surface area contributed by atoms with Crippen molar-refractivity contribution in [2.24, 2.45) is 5.18 Å². The van der Waals surface area contributed by atoms with E-state index in [0.717, 1.165) is 16.5 Å². The number of thiocarbonyl (C=S) groups is 1. The fourth-order valence-electron chi connectivity index (χ4n) is 3.45. The number of rotatable bonds is 7. The number of carbonyl (C=O) groups excluding carboxylic acids is 1. The van der Waals surface area contributed by atoms with Gasteiger partial charge >= 0.3 is 0 Å². The van der Waals surface area contributed by atoms with Gasteiger partial charge in [0.05, 0.1) is 18.3 Å². The van der Waals surface area contributed by atoms with Gasteiger partial charge < -0.3 is 20.7 Å². The van der Waals surface area contributed by atoms with Gasteiger partial charge in [-0.1, -0.05) is 36.4 Å². The van der Waals surface area contributed by atoms with E-state index in [1.807, 2.05) is 54.6 Å². The Balaban J connectivity index is 1.56. The summed E-state index contributed by atoms with van der Waals surface area (Å²) in [6.07, 6.45) is 1.72. The summed E-state index contributed by atoms with van der Waals surface area (Å²) in [7, 11) is 1.50. The number of nitroso groups, excluding NO2 is 1. The number of benzene rings is 3. The Kier molecular flexibility index (Phi) is 7.04. The summed E-state index contributed by atoms with van der Waals surface area (Å²) in [5.74, 6) is 0.177. The smallest absolute Gasteiger partial charge is 0.251 e. The molecule has 8 nitrogen and oxygen atoms in total. The lowest BCUT2D eigenvalue weighted by molar-refractivity contribution is -0.117. The summed E-state index contributed by atoms with van der Waals surface area (Å²) in [6.45, 7) is 0. The molecule has 0 aliphatic heterocycles. The summed E-state index contributed by atoms with van der Waals surface area (Å²) in [5, 5.41) is 13.0. The Morgan fingerprint density at radius 2 is 1.82 bits per heavy atom. The number of pyridine rings is 1. The molecule has 0 saturated carbocycles. The van der Waals surface area contributed by atoms with Crippen molar-refractivity contribution in [3.63, 3.8) is 0 Å². The van der Waals surface area contributed by atoms with Crippen molar-refractivity contribution in [3.05, 3.63) is 95.5 Å². The van der Waals surface area contributed by atoms with Gasteiger partial charge in [0.25, 0.3) is 5.91 Å². The number of amides is 1. The normalized spacial score (nSPS) is 11.3. The molecule has 0 aliphatic carbocycles. The zero-order chi connectivity index (χ0) is 23.9. The molecule has 9 heteroatoms. The molecule has 1 atom stereocenters. The second kappa shape index (κ2) is 10.5. The first-order chi connectivity index (χ1) is 16.6. The highest BCUT2D eigenvalue weighted by atomic mass is 32.1. The fourth-order valence-corrected chi connectivity index (χ4v) is 3.68. The molecule has 1 amide bonds. The van der Waals surface area contributed by atoms with Gasteiger partial charge in [-0.25, -0.2) is 0 Å². The molecule has 3 N–H and O–H groups in total. The van der Waals surface area contributed by atoms with Gasteiger partial charge in [0.2, 0.25) is 0 Å². The molecule has 34 heavy (non-hydrogen) atoms. The van der Waals surface area contributed by atoms with Crippen LogP contribution in [0.15, 0.2) is 90.2 Å². The average Bonchev–Trinajstić information content (AvgIpc) is 2.87. The molecule has 1 aromatic heterocycles. The van der Waals surface area contributed by atoms with Crippen LogP contribution in [0.2, 0.25) is 0 Å². The highest BCUT2D eigenvalue weighted by Gasteiger charge is 2.22. The van der Waals surface area contributed by atoms with E-state index in [1.54, 1.807) is 18.3 Å². The summed E-state index contributed by atoms with van der Waals surface area (Å²) < 4.78 is 5.32. The zero-order valence-corrected chi connectivity index (χ0v) is 19.0. The second-order valence-corrected chi connectivity index (χ2v) is 7.73. The molecule has 4 rings (SSSR count). The van der Waals surface area contributed by atoms with Crippen molar-refractivity contribution in [1.82, 2.24) is 10.3 Å². The third-order valence-corrected chi connectivity index (χ3v) is 5.30. The van der Waals surface area contributed by atoms with E-state index >= 15 is 0 Å². The van der Waals surface area contributed by atoms with Crippen LogP contribution in [-0.2, 0) is 4.79 Å². The van der Waals surface area contributed by atoms with E-state index in [0.29, 0.717) is 17.1 Å². The lowest BCUT2D eigenvalue weighted by atomic mass is 10.1. The molecule has 0 spiro atoms. The maximum Gasteiger partial charge on any atom is 0.251 e. The first-order valence-electron chi connectivity index (χ1n) is 10.4. The number of anilines is 2. The van der Waals surface area contributed by atoms with Crippen LogP contribution in [0.4, 0.5) is 17.1 Å². The van der Waals surface area contributed by atoms with Gasteiger partial charge in [-0.2, -0.15) is 0 Å². The minimum absolute atomic E-state index is 0.174. The maximum absolute atomic E-state index is 13.3. The van der Waals surface area contributed by atoms with Gasteiger partial charge in [-0.3, -0.25) is 9.78 Å². The van der Waals surface area contributed by atoms with Crippen molar-refractivity contribution >= 4 is 51.2 Å². The Morgan fingerprint density at radius 1 is 1.00 bits per heavy atom. The topological polar surface area (TPSA) is 105 Å². The Hall–Kier alpha value is -4.37. The second-order valence-electron chi connectivity index (χ2n) is 7.32. The first-order valence-corrected chi connectivity index (χ1v) is 10.8. The number of hydrogen-bond donors (Lipinski definition) is 3. The number of hydrogen-bond acceptors (Lipinski definition) is 6. The largest absolute Gasteiger partial charge is 0.495 e. The SMILES string of the molecule is COc1ccc(N=O)cc1NC(=S)NC(C(=O)Nc1ccc2ncccc2c1)c1ccccc1. The number of fused-ring (bicyclic) bond motifs is 1. The molecule has 3 aromatic carbocycles. The third-order valence-electron chi connectivity index (χ3n) is 5.08. The average molecular weight is 472 g/mol. The summed E-state index contributed by atoms with van der Waals surface area (Å²) in [4.78, 5) is 28.5. The van der Waals surface area contributed by atoms with Gasteiger partial charge in [0.1, 0.15) is 17.5 Å². The van der Waals surface area contributed by atoms with E-state index in [4.69, 9.17) is 17.0 Å². The van der Waals surface area contributed by atoms with Gasteiger partial charge in [0.15, 0.2) is 5.11 Å². The third kappa shape index (κ3) is 5.33. The van der Waals surface area contributed by atoms with Crippen LogP contribution in [0.3, 0.4) is 0 Å². The Labute approximate surface area is 201 Å². The maximum atomic E-state index is 13.3. The number of carbonyl (C=O) groups is 1. The Morgan fingerprint density at radius 3 is 2.59 bits per heavy atom. The quantitative estimate of drug-likeness (QED) is 0.248. The highest BCUT2D eigenvalue weighted by molar-refractivity contribution is 7.80. The molecule has 170 valence electrons. The standard InChI is InChI=1S/C25H21N5O3S/c1-33-22-12-10-19(30-32)15-21(22)28-25(34)29-23(16-6-3-2-4-7-16)24(31)27-18-9-11-20-17(14-18)8-5-13-26-20/h2-15,23H,1H3,(H,27,31)(H2,28,29,34). The molecule has 0 radical (unpaired) electrons. The van der Waals surface area contributed by atoms with E-state index < -0.39 is 6.04 Å². The summed E-state index contributed by atoms with van der Waals surface area (Å²) >= 11 is 5.47. The van der Waals surface area contributed by atoms with Crippen LogP contribution in [0.25, 0.3) is 10.9 Å². The van der Waals surface area contributed by atoms with Crippen LogP contribution in [-0.4, -0.2) is 23.1 Å². The predicted octanol–water partition coefficient (Wildman–Crippen LogP) is 5.31. The fraction of sp³-hybridized carbons (Fsp3) is 0.0800. The molecule has 0 bridgehead atoms. The van der Waals surface area contributed by atoms with Crippen molar-refractivity contribution in [1.29, 1.82) is 0 Å². The number of ether oxygens (including phenoxy) is 1. The van der Waals surface area contributed by atoms with Crippen LogP contribution in [0.1, 0.15) is 11.6 Å². The van der Waals surface area contributed by atoms with Crippen molar-refractivity contribution in [2.45, 2.75) is 6.04 Å². The van der Waals surface area contributed by atoms with Gasteiger partial charge in [-0.05, 0) is 65.4 Å². The minimum Gasteiger partial charge on any atom is -0.495 e. The molecule has 0 aliphatic rings. The van der Waals surface area contributed by atoms with Crippen LogP contribution in [0, 0.1) is 4.91 Å². The van der Waals surface area contributed by atoms with Gasteiger partial charge in [-0.15, -0.1) is 4.91 Å². The monoisotopic (exact) mass is 471 g/mol. The molecular weight excluding hydrogens is 450 g/mol. The number of nitrogens with one attached hydrogen (secondary N) is 3. The highest BCUT2D eigenvalue weighted by Crippen LogP contribution is 2.29. The molecule has 4 aromatic rings. The first kappa shape index (κ1) is 22.8. The van der Waals surface area contributed by atoms with Crippen LogP contribution >= 0.6 is 12.2 Å². The number of methoxy groups -OCH3 is 1. The lowest BCUT2D eigenvalue weighted by Gasteiger charge is -2.21. The van der Waals surface area contributed by atoms with Crippen molar-refractivity contribution in [2.75, 3.05) is 17.7 Å². The van der Waals surface area contributed by atoms with Crippen LogP contribution in [0.5, 0.6) is 5.75 Å². The molecular formula is C25H21N5O3S. The van der Waals surface area contributed by atoms with Gasteiger partial charge in [0, 0.05) is 17.3 Å². The predicted molar refractivity (Wildman–Crippen MR) is 137 cm³/mol. The number of aromatic nitrogens is 1. The molecule has 1 unspecified atom stereocenters. The van der Waals surface area contributed by atoms with E-state index in [1.165, 1.54) is 19.2 Å². The zero-order valence-electron chi connectivity index (χ0n) is 18.2. The molecule has 1 heterocycles. The van der Waals surface area contributed by atoms with Crippen molar-refractivity contribution in [3.8, 4) is 5.75 Å². The van der Waals surface area contributed by atoms with E-state index in [2.05, 4.69) is 26.1 Å². The Bertz CT molecular complexity index is 1350. The van der Waals surface area contributed by atoms with Crippen LogP contribution < -0.4 is 20.7 Å². The molecule has 0 fully saturated rings. The van der Waals surface area contributed by atoms with Crippen molar-refractivity contribution < 1.29 is 9.53 Å².